The number of hydrogen-bond donors (Lipinski definition) is 1. The second-order valence-corrected chi connectivity index (χ2v) is 7.44. The van der Waals surface area contributed by atoms with Crippen LogP contribution in [0, 0.1) is 5.92 Å². The molecule has 1 saturated carbocycles. The van der Waals surface area contributed by atoms with Crippen LogP contribution in [0.1, 0.15) is 60.9 Å². The third-order valence-corrected chi connectivity index (χ3v) is 5.28. The van der Waals surface area contributed by atoms with Crippen molar-refractivity contribution in [3.63, 3.8) is 0 Å². The first-order valence-corrected chi connectivity index (χ1v) is 9.90. The molecule has 3 amide bonds. The standard InChI is InChI=1S/C21H26N2O5/c24-18(22-20(26)16-7-2-1-3-8-16)14-28-21(27)17-9-4-6-15(12-17)13-23-11-5-10-19(23)25/h4,6,9,12,16H,1-3,5,7-8,10-11,13-14H2,(H,22,24,26). The van der Waals surface area contributed by atoms with Crippen molar-refractivity contribution >= 4 is 23.7 Å². The Morgan fingerprint density at radius 1 is 1.11 bits per heavy atom. The minimum absolute atomic E-state index is 0.118. The average molecular weight is 386 g/mol. The SMILES string of the molecule is O=C(COC(=O)c1cccc(CN2CCCC2=O)c1)NC(=O)C1CCCCC1. The Labute approximate surface area is 164 Å². The molecule has 0 bridgehead atoms. The highest BCUT2D eigenvalue weighted by molar-refractivity contribution is 5.98. The van der Waals surface area contributed by atoms with Crippen LogP contribution in [-0.4, -0.2) is 41.7 Å². The van der Waals surface area contributed by atoms with E-state index in [0.717, 1.165) is 50.6 Å². The molecule has 0 atom stereocenters. The van der Waals surface area contributed by atoms with Crippen molar-refractivity contribution < 1.29 is 23.9 Å². The number of carbonyl (C=O) groups excluding carboxylic acids is 4. The molecule has 1 aliphatic carbocycles. The monoisotopic (exact) mass is 386 g/mol. The van der Waals surface area contributed by atoms with Crippen molar-refractivity contribution in [3.8, 4) is 0 Å². The van der Waals surface area contributed by atoms with Crippen molar-refractivity contribution in [2.45, 2.75) is 51.5 Å². The lowest BCUT2D eigenvalue weighted by Crippen LogP contribution is -2.38. The fourth-order valence-electron chi connectivity index (χ4n) is 3.74. The molecule has 7 heteroatoms. The first-order chi connectivity index (χ1) is 13.5. The molecule has 2 fully saturated rings. The Morgan fingerprint density at radius 3 is 2.61 bits per heavy atom. The molecule has 0 spiro atoms. The van der Waals surface area contributed by atoms with E-state index in [2.05, 4.69) is 5.32 Å². The number of nitrogens with one attached hydrogen (secondary N) is 1. The van der Waals surface area contributed by atoms with E-state index in [4.69, 9.17) is 4.74 Å². The van der Waals surface area contributed by atoms with E-state index in [9.17, 15) is 19.2 Å². The topological polar surface area (TPSA) is 92.8 Å². The average Bonchev–Trinajstić information content (AvgIpc) is 3.11. The molecule has 0 aromatic heterocycles. The summed E-state index contributed by atoms with van der Waals surface area (Å²) in [6, 6.07) is 6.83. The lowest BCUT2D eigenvalue weighted by molar-refractivity contribution is -0.135. The van der Waals surface area contributed by atoms with Gasteiger partial charge in [0.25, 0.3) is 5.91 Å². The van der Waals surface area contributed by atoms with Gasteiger partial charge in [0.05, 0.1) is 5.56 Å². The summed E-state index contributed by atoms with van der Waals surface area (Å²) in [5.41, 5.74) is 1.15. The smallest absolute Gasteiger partial charge is 0.338 e. The van der Waals surface area contributed by atoms with Crippen LogP contribution < -0.4 is 5.32 Å². The number of imide groups is 1. The molecule has 0 radical (unpaired) electrons. The van der Waals surface area contributed by atoms with Crippen LogP contribution in [0.4, 0.5) is 0 Å². The number of benzene rings is 1. The molecule has 1 aromatic carbocycles. The van der Waals surface area contributed by atoms with Crippen molar-refractivity contribution in [1.29, 1.82) is 0 Å². The Bertz CT molecular complexity index is 755. The summed E-state index contributed by atoms with van der Waals surface area (Å²) in [5.74, 6) is -1.53. The van der Waals surface area contributed by atoms with Crippen molar-refractivity contribution in [2.75, 3.05) is 13.2 Å². The molecule has 1 aromatic rings. The van der Waals surface area contributed by atoms with E-state index in [1.54, 1.807) is 23.1 Å². The maximum absolute atomic E-state index is 12.2. The predicted octanol–water partition coefficient (Wildman–Crippen LogP) is 2.19. The lowest BCUT2D eigenvalue weighted by Gasteiger charge is -2.20. The van der Waals surface area contributed by atoms with Crippen molar-refractivity contribution in [3.05, 3.63) is 35.4 Å². The third kappa shape index (κ3) is 5.41. The number of nitrogens with zero attached hydrogens (tertiary/aromatic N) is 1. The van der Waals surface area contributed by atoms with E-state index in [1.165, 1.54) is 0 Å². The molecule has 1 N–H and O–H groups in total. The summed E-state index contributed by atoms with van der Waals surface area (Å²) in [7, 11) is 0. The second kappa shape index (κ2) is 9.48. The van der Waals surface area contributed by atoms with E-state index >= 15 is 0 Å². The van der Waals surface area contributed by atoms with Crippen LogP contribution in [0.5, 0.6) is 0 Å². The number of rotatable bonds is 6. The zero-order valence-electron chi connectivity index (χ0n) is 15.9. The molecule has 28 heavy (non-hydrogen) atoms. The lowest BCUT2D eigenvalue weighted by atomic mass is 9.89. The number of carbonyl (C=O) groups is 4. The van der Waals surface area contributed by atoms with Crippen LogP contribution >= 0.6 is 0 Å². The Kier molecular flexibility index (Phi) is 6.79. The first kappa shape index (κ1) is 20.0. The Balaban J connectivity index is 1.47. The van der Waals surface area contributed by atoms with Gasteiger partial charge in [0, 0.05) is 25.4 Å². The van der Waals surface area contributed by atoms with Gasteiger partial charge in [-0.25, -0.2) is 4.79 Å². The molecule has 0 unspecified atom stereocenters. The highest BCUT2D eigenvalue weighted by atomic mass is 16.5. The zero-order chi connectivity index (χ0) is 19.9. The quantitative estimate of drug-likeness (QED) is 0.757. The minimum atomic E-state index is -0.630. The molecular weight excluding hydrogens is 360 g/mol. The van der Waals surface area contributed by atoms with Crippen molar-refractivity contribution in [1.82, 2.24) is 10.2 Å². The molecule has 1 saturated heterocycles. The fraction of sp³-hybridized carbons (Fsp3) is 0.524. The number of amides is 3. The molecule has 1 heterocycles. The molecular formula is C21H26N2O5. The summed E-state index contributed by atoms with van der Waals surface area (Å²) < 4.78 is 5.04. The summed E-state index contributed by atoms with van der Waals surface area (Å²) >= 11 is 0. The summed E-state index contributed by atoms with van der Waals surface area (Å²) in [5, 5.41) is 2.32. The Hall–Kier alpha value is -2.70. The minimum Gasteiger partial charge on any atom is -0.452 e. The van der Waals surface area contributed by atoms with Crippen LogP contribution in [-0.2, 0) is 25.7 Å². The number of likely N-dealkylation sites (tertiary alicyclic amines) is 1. The highest BCUT2D eigenvalue weighted by Crippen LogP contribution is 2.23. The zero-order valence-corrected chi connectivity index (χ0v) is 15.9. The fourth-order valence-corrected chi connectivity index (χ4v) is 3.74. The van der Waals surface area contributed by atoms with Crippen LogP contribution in [0.25, 0.3) is 0 Å². The normalized spacial score (nSPS) is 17.4. The van der Waals surface area contributed by atoms with Gasteiger partial charge in [-0.2, -0.15) is 0 Å². The van der Waals surface area contributed by atoms with E-state index in [1.807, 2.05) is 6.07 Å². The molecule has 150 valence electrons. The maximum Gasteiger partial charge on any atom is 0.338 e. The maximum atomic E-state index is 12.2. The van der Waals surface area contributed by atoms with E-state index in [-0.39, 0.29) is 17.7 Å². The predicted molar refractivity (Wildman–Crippen MR) is 101 cm³/mol. The van der Waals surface area contributed by atoms with Gasteiger partial charge < -0.3 is 9.64 Å². The van der Waals surface area contributed by atoms with Gasteiger partial charge in [-0.3, -0.25) is 19.7 Å². The van der Waals surface area contributed by atoms with Gasteiger partial charge in [0.2, 0.25) is 11.8 Å². The van der Waals surface area contributed by atoms with Crippen LogP contribution in [0.2, 0.25) is 0 Å². The summed E-state index contributed by atoms with van der Waals surface area (Å²) in [6.45, 7) is 0.686. The Morgan fingerprint density at radius 2 is 1.89 bits per heavy atom. The van der Waals surface area contributed by atoms with Gasteiger partial charge in [0.15, 0.2) is 6.61 Å². The van der Waals surface area contributed by atoms with E-state index in [0.29, 0.717) is 18.5 Å². The number of ether oxygens (including phenoxy) is 1. The van der Waals surface area contributed by atoms with E-state index < -0.39 is 18.5 Å². The van der Waals surface area contributed by atoms with Gasteiger partial charge in [-0.1, -0.05) is 31.4 Å². The van der Waals surface area contributed by atoms with Crippen molar-refractivity contribution in [2.24, 2.45) is 5.92 Å². The molecule has 1 aliphatic heterocycles. The van der Waals surface area contributed by atoms with Gasteiger partial charge in [0.1, 0.15) is 0 Å². The highest BCUT2D eigenvalue weighted by Gasteiger charge is 2.23. The largest absolute Gasteiger partial charge is 0.452 e. The molecule has 2 aliphatic rings. The number of esters is 1. The molecule has 7 nitrogen and oxygen atoms in total. The summed E-state index contributed by atoms with van der Waals surface area (Å²) in [6.07, 6.45) is 6.14. The molecule has 3 rings (SSSR count). The van der Waals surface area contributed by atoms with Gasteiger partial charge in [-0.05, 0) is 37.0 Å². The van der Waals surface area contributed by atoms with Gasteiger partial charge >= 0.3 is 5.97 Å². The van der Waals surface area contributed by atoms with Gasteiger partial charge in [-0.15, -0.1) is 0 Å². The van der Waals surface area contributed by atoms with Crippen LogP contribution in [0.15, 0.2) is 24.3 Å². The third-order valence-electron chi connectivity index (χ3n) is 5.28. The summed E-state index contributed by atoms with van der Waals surface area (Å²) in [4.78, 5) is 49.7. The van der Waals surface area contributed by atoms with Crippen LogP contribution in [0.3, 0.4) is 0 Å². The second-order valence-electron chi connectivity index (χ2n) is 7.44. The number of hydrogen-bond acceptors (Lipinski definition) is 5. The first-order valence-electron chi connectivity index (χ1n) is 9.90.